The van der Waals surface area contributed by atoms with Crippen molar-refractivity contribution in [1.29, 1.82) is 0 Å². The lowest BCUT2D eigenvalue weighted by Crippen LogP contribution is -2.13. The van der Waals surface area contributed by atoms with Crippen molar-refractivity contribution in [3.05, 3.63) is 65.6 Å². The molecule has 3 aromatic heterocycles. The summed E-state index contributed by atoms with van der Waals surface area (Å²) in [6, 6.07) is 10.8. The van der Waals surface area contributed by atoms with Crippen molar-refractivity contribution in [2.45, 2.75) is 6.18 Å². The molecule has 0 radical (unpaired) electrons. The van der Waals surface area contributed by atoms with Crippen molar-refractivity contribution in [2.75, 3.05) is 0 Å². The van der Waals surface area contributed by atoms with Gasteiger partial charge in [0.2, 0.25) is 0 Å². The molecule has 4 aromatic rings. The highest BCUT2D eigenvalue weighted by Crippen LogP contribution is 2.34. The summed E-state index contributed by atoms with van der Waals surface area (Å²) < 4.78 is 46.4. The fraction of sp³-hybridized carbons (Fsp3) is 0.0588. The normalized spacial score (nSPS) is 12.0. The molecule has 0 bridgehead atoms. The predicted octanol–water partition coefficient (Wildman–Crippen LogP) is 5.33. The monoisotopic (exact) mass is 363 g/mol. The molecule has 0 N–H and O–H groups in total. The van der Waals surface area contributed by atoms with Crippen LogP contribution in [0.3, 0.4) is 0 Å². The summed E-state index contributed by atoms with van der Waals surface area (Å²) in [6.07, 6.45) is -1.86. The number of fused-ring (bicyclic) bond motifs is 1. The second kappa shape index (κ2) is 5.63. The van der Waals surface area contributed by atoms with E-state index in [2.05, 4.69) is 10.1 Å². The van der Waals surface area contributed by atoms with Gasteiger partial charge in [0.05, 0.1) is 12.5 Å². The molecule has 0 saturated carbocycles. The zero-order valence-electron chi connectivity index (χ0n) is 12.5. The number of nitrogens with zero attached hydrogens (tertiary/aromatic N) is 3. The highest BCUT2D eigenvalue weighted by Gasteiger charge is 2.35. The van der Waals surface area contributed by atoms with E-state index in [-0.39, 0.29) is 17.1 Å². The molecule has 3 heterocycles. The molecule has 126 valence electrons. The van der Waals surface area contributed by atoms with Crippen molar-refractivity contribution in [2.24, 2.45) is 0 Å². The molecular formula is C17H9ClF3N3O. The van der Waals surface area contributed by atoms with Crippen LogP contribution in [0.1, 0.15) is 5.69 Å². The van der Waals surface area contributed by atoms with E-state index in [0.717, 1.165) is 10.6 Å². The van der Waals surface area contributed by atoms with Gasteiger partial charge in [-0.05, 0) is 35.9 Å². The Hall–Kier alpha value is -2.80. The minimum Gasteiger partial charge on any atom is -0.463 e. The van der Waals surface area contributed by atoms with Gasteiger partial charge in [0, 0.05) is 10.6 Å². The maximum Gasteiger partial charge on any atom is 0.433 e. The average molecular weight is 364 g/mol. The fourth-order valence-electron chi connectivity index (χ4n) is 2.55. The molecule has 1 aromatic carbocycles. The zero-order valence-corrected chi connectivity index (χ0v) is 13.2. The Kier molecular flexibility index (Phi) is 3.54. The lowest BCUT2D eigenvalue weighted by molar-refractivity contribution is -0.142. The van der Waals surface area contributed by atoms with Crippen molar-refractivity contribution in [3.63, 3.8) is 0 Å². The Morgan fingerprint density at radius 1 is 1.08 bits per heavy atom. The summed E-state index contributed by atoms with van der Waals surface area (Å²) >= 11 is 5.87. The number of alkyl halides is 3. The quantitative estimate of drug-likeness (QED) is 0.483. The van der Waals surface area contributed by atoms with Crippen LogP contribution in [0.4, 0.5) is 13.2 Å². The van der Waals surface area contributed by atoms with Gasteiger partial charge in [-0.15, -0.1) is 0 Å². The van der Waals surface area contributed by atoms with Crippen LogP contribution in [0, 0.1) is 0 Å². The standard InChI is InChI=1S/C17H9ClF3N3O/c18-11-5-3-10(4-6-11)12-9-22-24-15(17(19,20)21)8-13(23-16(12)24)14-2-1-7-25-14/h1-9H. The summed E-state index contributed by atoms with van der Waals surface area (Å²) in [5.41, 5.74) is 0.375. The first-order valence-corrected chi connectivity index (χ1v) is 7.57. The molecule has 0 atom stereocenters. The Morgan fingerprint density at radius 2 is 1.84 bits per heavy atom. The van der Waals surface area contributed by atoms with Gasteiger partial charge in [-0.3, -0.25) is 0 Å². The molecule has 0 aliphatic carbocycles. The zero-order chi connectivity index (χ0) is 17.6. The third-order valence-electron chi connectivity index (χ3n) is 3.69. The highest BCUT2D eigenvalue weighted by molar-refractivity contribution is 6.30. The second-order valence-corrected chi connectivity index (χ2v) is 5.74. The summed E-state index contributed by atoms with van der Waals surface area (Å²) in [7, 11) is 0. The van der Waals surface area contributed by atoms with Gasteiger partial charge in [0.25, 0.3) is 0 Å². The molecule has 4 rings (SSSR count). The first kappa shape index (κ1) is 15.7. The lowest BCUT2D eigenvalue weighted by Gasteiger charge is -2.10. The molecule has 0 unspecified atom stereocenters. The van der Waals surface area contributed by atoms with Crippen LogP contribution in [-0.2, 0) is 6.18 Å². The second-order valence-electron chi connectivity index (χ2n) is 5.30. The van der Waals surface area contributed by atoms with Crippen molar-refractivity contribution in [1.82, 2.24) is 14.6 Å². The lowest BCUT2D eigenvalue weighted by atomic mass is 10.1. The molecule has 0 aliphatic rings. The minimum atomic E-state index is -4.59. The van der Waals surface area contributed by atoms with Crippen LogP contribution in [0.5, 0.6) is 0 Å². The summed E-state index contributed by atoms with van der Waals surface area (Å²) in [4.78, 5) is 4.32. The number of rotatable bonds is 2. The topological polar surface area (TPSA) is 43.3 Å². The number of halogens is 4. The molecule has 0 fully saturated rings. The van der Waals surface area contributed by atoms with Crippen LogP contribution < -0.4 is 0 Å². The SMILES string of the molecule is FC(F)(F)c1cc(-c2ccco2)nc2c(-c3ccc(Cl)cc3)cnn12. The maximum atomic E-state index is 13.5. The molecule has 4 nitrogen and oxygen atoms in total. The van der Waals surface area contributed by atoms with Crippen molar-refractivity contribution >= 4 is 17.2 Å². The van der Waals surface area contributed by atoms with Crippen LogP contribution in [0.25, 0.3) is 28.2 Å². The molecule has 25 heavy (non-hydrogen) atoms. The first-order chi connectivity index (χ1) is 11.9. The van der Waals surface area contributed by atoms with Gasteiger partial charge in [0.15, 0.2) is 17.1 Å². The summed E-state index contributed by atoms with van der Waals surface area (Å²) in [6.45, 7) is 0. The van der Waals surface area contributed by atoms with Crippen LogP contribution in [-0.4, -0.2) is 14.6 Å². The van der Waals surface area contributed by atoms with E-state index in [9.17, 15) is 13.2 Å². The Bertz CT molecular complexity index is 1040. The fourth-order valence-corrected chi connectivity index (χ4v) is 2.67. The molecular weight excluding hydrogens is 355 g/mol. The minimum absolute atomic E-state index is 0.0838. The Morgan fingerprint density at radius 3 is 2.48 bits per heavy atom. The Labute approximate surface area is 144 Å². The number of hydrogen-bond acceptors (Lipinski definition) is 3. The van der Waals surface area contributed by atoms with Gasteiger partial charge in [-0.25, -0.2) is 9.50 Å². The van der Waals surface area contributed by atoms with Gasteiger partial charge in [-0.2, -0.15) is 18.3 Å². The maximum absolute atomic E-state index is 13.5. The van der Waals surface area contributed by atoms with E-state index < -0.39 is 11.9 Å². The smallest absolute Gasteiger partial charge is 0.433 e. The molecule has 8 heteroatoms. The summed E-state index contributed by atoms with van der Waals surface area (Å²) in [5, 5.41) is 4.41. The van der Waals surface area contributed by atoms with E-state index >= 15 is 0 Å². The van der Waals surface area contributed by atoms with Gasteiger partial charge in [0.1, 0.15) is 5.69 Å². The average Bonchev–Trinajstić information content (AvgIpc) is 3.23. The van der Waals surface area contributed by atoms with Gasteiger partial charge in [-0.1, -0.05) is 23.7 Å². The van der Waals surface area contributed by atoms with Crippen LogP contribution in [0.2, 0.25) is 5.02 Å². The first-order valence-electron chi connectivity index (χ1n) is 7.19. The number of hydrogen-bond donors (Lipinski definition) is 0. The third-order valence-corrected chi connectivity index (χ3v) is 3.94. The molecule has 0 aliphatic heterocycles. The van der Waals surface area contributed by atoms with E-state index in [1.165, 1.54) is 12.5 Å². The van der Waals surface area contributed by atoms with Crippen molar-refractivity contribution < 1.29 is 17.6 Å². The molecule has 0 amide bonds. The highest BCUT2D eigenvalue weighted by atomic mass is 35.5. The van der Waals surface area contributed by atoms with Crippen LogP contribution >= 0.6 is 11.6 Å². The third kappa shape index (κ3) is 2.76. The van der Waals surface area contributed by atoms with E-state index in [4.69, 9.17) is 16.0 Å². The molecule has 0 saturated heterocycles. The Balaban J connectivity index is 2.01. The van der Waals surface area contributed by atoms with Gasteiger partial charge < -0.3 is 4.42 Å². The van der Waals surface area contributed by atoms with E-state index in [1.807, 2.05) is 0 Å². The van der Waals surface area contributed by atoms with E-state index in [1.54, 1.807) is 36.4 Å². The van der Waals surface area contributed by atoms with Crippen molar-refractivity contribution in [3.8, 4) is 22.6 Å². The largest absolute Gasteiger partial charge is 0.463 e. The van der Waals surface area contributed by atoms with Gasteiger partial charge >= 0.3 is 6.18 Å². The summed E-state index contributed by atoms with van der Waals surface area (Å²) in [5.74, 6) is 0.247. The van der Waals surface area contributed by atoms with E-state index in [0.29, 0.717) is 16.1 Å². The molecule has 0 spiro atoms. The number of aromatic nitrogens is 3. The van der Waals surface area contributed by atoms with Crippen LogP contribution in [0.15, 0.2) is 59.3 Å². The predicted molar refractivity (Wildman–Crippen MR) is 86.1 cm³/mol. The number of benzene rings is 1. The number of furan rings is 1.